The van der Waals surface area contributed by atoms with Crippen LogP contribution in [-0.4, -0.2) is 33.1 Å². The van der Waals surface area contributed by atoms with Crippen LogP contribution in [0.5, 0.6) is 5.75 Å². The van der Waals surface area contributed by atoms with E-state index in [0.717, 1.165) is 0 Å². The molecule has 2 aromatic rings. The van der Waals surface area contributed by atoms with Crippen molar-refractivity contribution in [3.05, 3.63) is 73.7 Å². The minimum atomic E-state index is -1.07. The molecule has 1 aliphatic heterocycles. The number of nitrogens with zero attached hydrogens (tertiary/aromatic N) is 3. The van der Waals surface area contributed by atoms with E-state index in [1.165, 1.54) is 10.6 Å². The maximum atomic E-state index is 12.6. The fourth-order valence-electron chi connectivity index (χ4n) is 3.29. The average molecular weight is 385 g/mol. The van der Waals surface area contributed by atoms with E-state index in [9.17, 15) is 25.3 Å². The Bertz CT molecular complexity index is 1010. The highest BCUT2D eigenvalue weighted by Crippen LogP contribution is 2.41. The smallest absolute Gasteiger partial charge is 0.294 e. The van der Waals surface area contributed by atoms with E-state index < -0.39 is 22.8 Å². The first-order chi connectivity index (χ1) is 13.2. The lowest BCUT2D eigenvalue weighted by molar-refractivity contribution is -0.757. The fraction of sp³-hybridized carbons (Fsp3) is 0.368. The van der Waals surface area contributed by atoms with Crippen LogP contribution in [0.25, 0.3) is 0 Å². The van der Waals surface area contributed by atoms with Crippen LogP contribution < -0.4 is 10.3 Å². The number of benzene rings is 1. The van der Waals surface area contributed by atoms with Gasteiger partial charge in [-0.3, -0.25) is 4.79 Å². The van der Waals surface area contributed by atoms with Gasteiger partial charge in [0.05, 0.1) is 17.7 Å². The number of aromatic nitrogens is 1. The lowest BCUT2D eigenvalue weighted by Crippen LogP contribution is -2.52. The zero-order chi connectivity index (χ0) is 20.5. The highest BCUT2D eigenvalue weighted by atomic mass is 16.9. The van der Waals surface area contributed by atoms with Gasteiger partial charge >= 0.3 is 0 Å². The predicted molar refractivity (Wildman–Crippen MR) is 97.4 cm³/mol. The molecule has 0 fully saturated rings. The molecule has 3 rings (SSSR count). The maximum Gasteiger partial charge on any atom is 0.294 e. The first kappa shape index (κ1) is 19.4. The van der Waals surface area contributed by atoms with Gasteiger partial charge in [0.25, 0.3) is 10.6 Å². The summed E-state index contributed by atoms with van der Waals surface area (Å²) < 4.78 is 7.25. The van der Waals surface area contributed by atoms with Crippen LogP contribution in [0.15, 0.2) is 41.3 Å². The summed E-state index contributed by atoms with van der Waals surface area (Å²) in [5.41, 5.74) is 0.204. The maximum absolute atomic E-state index is 12.6. The van der Waals surface area contributed by atoms with Gasteiger partial charge in [0.2, 0.25) is 0 Å². The van der Waals surface area contributed by atoms with Gasteiger partial charge in [0, 0.05) is 17.8 Å². The number of pyridine rings is 1. The molecule has 0 radical (unpaired) electrons. The first-order valence-electron chi connectivity index (χ1n) is 8.62. The van der Waals surface area contributed by atoms with Gasteiger partial charge in [-0.15, -0.1) is 10.1 Å². The van der Waals surface area contributed by atoms with Gasteiger partial charge in [-0.25, -0.2) is 0 Å². The predicted octanol–water partition coefficient (Wildman–Crippen LogP) is 1.59. The third-order valence-electron chi connectivity index (χ3n) is 4.73. The Morgan fingerprint density at radius 3 is 2.82 bits per heavy atom. The molecular formula is C19H19N3O6. The molecule has 0 unspecified atom stereocenters. The van der Waals surface area contributed by atoms with Gasteiger partial charge in [-0.1, -0.05) is 6.07 Å². The standard InChI is InChI=1S/C19H19N3O6/c1-19(2)18(24)17(14-9-13(10-20)3-5-15(14)28-19)21-11-12(4-6-16(21)23)7-8-27-22(25)26/h3-6,9,11,17-18,24H,7-8H2,1-2H3/t17-,18+/m1/s1. The summed E-state index contributed by atoms with van der Waals surface area (Å²) in [5.74, 6) is 0.480. The van der Waals surface area contributed by atoms with Crippen LogP contribution in [0.2, 0.25) is 0 Å². The molecule has 0 amide bonds. The zero-order valence-electron chi connectivity index (χ0n) is 15.4. The molecule has 1 aliphatic rings. The summed E-state index contributed by atoms with van der Waals surface area (Å²) in [4.78, 5) is 27.2. The molecule has 2 heterocycles. The fourth-order valence-corrected chi connectivity index (χ4v) is 3.29. The van der Waals surface area contributed by atoms with Crippen molar-refractivity contribution < 1.29 is 19.8 Å². The highest BCUT2D eigenvalue weighted by Gasteiger charge is 2.44. The summed E-state index contributed by atoms with van der Waals surface area (Å²) in [7, 11) is 0. The minimum Gasteiger partial charge on any atom is -0.485 e. The van der Waals surface area contributed by atoms with Crippen molar-refractivity contribution in [2.45, 2.75) is 38.0 Å². The molecular weight excluding hydrogens is 366 g/mol. The third kappa shape index (κ3) is 3.68. The second kappa shape index (κ2) is 7.32. The van der Waals surface area contributed by atoms with Crippen molar-refractivity contribution in [2.75, 3.05) is 6.61 Å². The van der Waals surface area contributed by atoms with E-state index in [0.29, 0.717) is 22.4 Å². The molecule has 0 bridgehead atoms. The van der Waals surface area contributed by atoms with Crippen molar-refractivity contribution in [2.24, 2.45) is 0 Å². The number of fused-ring (bicyclic) bond motifs is 1. The topological polar surface area (TPSA) is 128 Å². The second-order valence-corrected chi connectivity index (χ2v) is 7.05. The van der Waals surface area contributed by atoms with Crippen LogP contribution in [0.4, 0.5) is 0 Å². The van der Waals surface area contributed by atoms with Crippen molar-refractivity contribution in [3.63, 3.8) is 0 Å². The van der Waals surface area contributed by atoms with E-state index >= 15 is 0 Å². The van der Waals surface area contributed by atoms with Gasteiger partial charge in [-0.05, 0) is 44.0 Å². The van der Waals surface area contributed by atoms with Gasteiger partial charge in [0.1, 0.15) is 24.1 Å². The monoisotopic (exact) mass is 385 g/mol. The van der Waals surface area contributed by atoms with E-state index in [1.54, 1.807) is 44.3 Å². The van der Waals surface area contributed by atoms with Crippen molar-refractivity contribution in [1.82, 2.24) is 4.57 Å². The molecule has 1 N–H and O–H groups in total. The molecule has 28 heavy (non-hydrogen) atoms. The Labute approximate surface area is 160 Å². The summed E-state index contributed by atoms with van der Waals surface area (Å²) >= 11 is 0. The molecule has 9 nitrogen and oxygen atoms in total. The Balaban J connectivity index is 2.07. The van der Waals surface area contributed by atoms with Crippen molar-refractivity contribution >= 4 is 0 Å². The van der Waals surface area contributed by atoms with Crippen LogP contribution in [-0.2, 0) is 11.3 Å². The molecule has 2 atom stereocenters. The van der Waals surface area contributed by atoms with Crippen molar-refractivity contribution in [3.8, 4) is 11.8 Å². The van der Waals surface area contributed by atoms with Gasteiger partial charge in [0.15, 0.2) is 0 Å². The van der Waals surface area contributed by atoms with Gasteiger partial charge < -0.3 is 19.2 Å². The number of nitriles is 1. The van der Waals surface area contributed by atoms with Crippen molar-refractivity contribution in [1.29, 1.82) is 5.26 Å². The largest absolute Gasteiger partial charge is 0.485 e. The number of rotatable bonds is 5. The number of hydrogen-bond donors (Lipinski definition) is 1. The summed E-state index contributed by atoms with van der Waals surface area (Å²) in [6.45, 7) is 3.28. The van der Waals surface area contributed by atoms with E-state index in [1.807, 2.05) is 6.07 Å². The molecule has 0 aliphatic carbocycles. The molecule has 146 valence electrons. The number of aliphatic hydroxyl groups excluding tert-OH is 1. The first-order valence-corrected chi connectivity index (χ1v) is 8.62. The van der Waals surface area contributed by atoms with E-state index in [2.05, 4.69) is 4.84 Å². The molecule has 0 saturated carbocycles. The molecule has 0 spiro atoms. The summed E-state index contributed by atoms with van der Waals surface area (Å²) in [6.07, 6.45) is 0.690. The number of aliphatic hydroxyl groups is 1. The Morgan fingerprint density at radius 1 is 1.39 bits per heavy atom. The van der Waals surface area contributed by atoms with Crippen LogP contribution in [0.1, 0.15) is 36.6 Å². The molecule has 1 aromatic carbocycles. The lowest BCUT2D eigenvalue weighted by Gasteiger charge is -2.42. The molecule has 0 saturated heterocycles. The summed E-state index contributed by atoms with van der Waals surface area (Å²) in [6, 6.07) is 9.01. The van der Waals surface area contributed by atoms with E-state index in [-0.39, 0.29) is 18.6 Å². The number of hydrogen-bond acceptors (Lipinski definition) is 7. The minimum absolute atomic E-state index is 0.151. The third-order valence-corrected chi connectivity index (χ3v) is 4.73. The molecule has 1 aromatic heterocycles. The van der Waals surface area contributed by atoms with Crippen LogP contribution >= 0.6 is 0 Å². The normalized spacial score (nSPS) is 19.8. The Kier molecular flexibility index (Phi) is 5.07. The van der Waals surface area contributed by atoms with Crippen LogP contribution in [0, 0.1) is 21.4 Å². The Morgan fingerprint density at radius 2 is 2.14 bits per heavy atom. The molecule has 9 heteroatoms. The Hall–Kier alpha value is -3.38. The highest BCUT2D eigenvalue weighted by molar-refractivity contribution is 5.46. The SMILES string of the molecule is CC1(C)Oc2ccc(C#N)cc2[C@@H](n2cc(CCO[N+](=O)[O-])ccc2=O)[C@@H]1O. The second-order valence-electron chi connectivity index (χ2n) is 7.05. The summed E-state index contributed by atoms with van der Waals surface area (Å²) in [5, 5.41) is 29.6. The quantitative estimate of drug-likeness (QED) is 0.611. The van der Waals surface area contributed by atoms with Gasteiger partial charge in [-0.2, -0.15) is 5.26 Å². The average Bonchev–Trinajstić information content (AvgIpc) is 2.64. The number of ether oxygens (including phenoxy) is 1. The zero-order valence-corrected chi connectivity index (χ0v) is 15.4. The van der Waals surface area contributed by atoms with E-state index in [4.69, 9.17) is 4.74 Å². The lowest BCUT2D eigenvalue weighted by atomic mass is 9.85. The van der Waals surface area contributed by atoms with Crippen LogP contribution in [0.3, 0.4) is 0 Å².